The fourth-order valence-electron chi connectivity index (χ4n) is 2.22. The second kappa shape index (κ2) is 8.26. The van der Waals surface area contributed by atoms with Crippen LogP contribution >= 0.6 is 22.7 Å². The van der Waals surface area contributed by atoms with Gasteiger partial charge in [-0.3, -0.25) is 9.59 Å². The summed E-state index contributed by atoms with van der Waals surface area (Å²) in [5.74, 6) is -1.26. The molecule has 2 rings (SSSR count). The Kier molecular flexibility index (Phi) is 6.33. The maximum Gasteiger partial charge on any atom is 0.341 e. The Morgan fingerprint density at radius 3 is 2.60 bits per heavy atom. The van der Waals surface area contributed by atoms with E-state index in [1.807, 2.05) is 31.4 Å². The second-order valence-corrected chi connectivity index (χ2v) is 7.75. The van der Waals surface area contributed by atoms with E-state index in [4.69, 9.17) is 4.74 Å². The average molecular weight is 380 g/mol. The third-order valence-corrected chi connectivity index (χ3v) is 5.74. The third kappa shape index (κ3) is 4.90. The molecule has 1 atom stereocenters. The molecule has 0 fully saturated rings. The summed E-state index contributed by atoms with van der Waals surface area (Å²) in [6.07, 6.45) is 0. The molecule has 2 N–H and O–H groups in total. The first-order valence-electron chi connectivity index (χ1n) is 7.67. The van der Waals surface area contributed by atoms with E-state index in [2.05, 4.69) is 10.6 Å². The Hall–Kier alpha value is -2.19. The van der Waals surface area contributed by atoms with Crippen LogP contribution < -0.4 is 10.6 Å². The number of anilines is 1. The van der Waals surface area contributed by atoms with Crippen LogP contribution in [0.5, 0.6) is 0 Å². The van der Waals surface area contributed by atoms with Crippen molar-refractivity contribution in [1.82, 2.24) is 5.32 Å². The van der Waals surface area contributed by atoms with Gasteiger partial charge in [-0.2, -0.15) is 0 Å². The zero-order valence-electron chi connectivity index (χ0n) is 14.5. The van der Waals surface area contributed by atoms with Crippen molar-refractivity contribution >= 4 is 45.5 Å². The summed E-state index contributed by atoms with van der Waals surface area (Å²) in [6.45, 7) is 6.51. The number of thiophene rings is 2. The maximum absolute atomic E-state index is 12.4. The van der Waals surface area contributed by atoms with Gasteiger partial charge in [-0.05, 0) is 37.8 Å². The first-order valence-corrected chi connectivity index (χ1v) is 9.36. The molecule has 0 saturated heterocycles. The number of rotatable bonds is 6. The fraction of sp³-hybridized carbons (Fsp3) is 0.353. The van der Waals surface area contributed by atoms with Gasteiger partial charge in [-0.25, -0.2) is 4.79 Å². The van der Waals surface area contributed by atoms with Crippen molar-refractivity contribution in [3.63, 3.8) is 0 Å². The molecule has 6 nitrogen and oxygen atoms in total. The van der Waals surface area contributed by atoms with Crippen molar-refractivity contribution in [1.29, 1.82) is 0 Å². The van der Waals surface area contributed by atoms with Gasteiger partial charge in [0.1, 0.15) is 5.00 Å². The van der Waals surface area contributed by atoms with Crippen LogP contribution in [0.3, 0.4) is 0 Å². The van der Waals surface area contributed by atoms with Gasteiger partial charge < -0.3 is 15.4 Å². The lowest BCUT2D eigenvalue weighted by Gasteiger charge is -2.12. The van der Waals surface area contributed by atoms with Gasteiger partial charge >= 0.3 is 5.97 Å². The molecule has 2 aromatic heterocycles. The predicted molar refractivity (Wildman–Crippen MR) is 99.3 cm³/mol. The molecule has 0 aliphatic carbocycles. The summed E-state index contributed by atoms with van der Waals surface area (Å²) in [5, 5.41) is 7.79. The van der Waals surface area contributed by atoms with Crippen molar-refractivity contribution in [3.05, 3.63) is 38.4 Å². The summed E-state index contributed by atoms with van der Waals surface area (Å²) in [7, 11) is 0. The van der Waals surface area contributed by atoms with Crippen LogP contribution in [0.15, 0.2) is 17.5 Å². The fourth-order valence-corrected chi connectivity index (χ4v) is 4.04. The van der Waals surface area contributed by atoms with Gasteiger partial charge in [0.2, 0.25) is 5.91 Å². The Bertz CT molecular complexity index is 781. The van der Waals surface area contributed by atoms with E-state index in [-0.39, 0.29) is 24.5 Å². The van der Waals surface area contributed by atoms with E-state index in [1.165, 1.54) is 18.3 Å². The summed E-state index contributed by atoms with van der Waals surface area (Å²) < 4.78 is 5.13. The highest BCUT2D eigenvalue weighted by Crippen LogP contribution is 2.33. The van der Waals surface area contributed by atoms with E-state index in [9.17, 15) is 14.4 Å². The topological polar surface area (TPSA) is 84.5 Å². The molecule has 2 heterocycles. The number of esters is 1. The van der Waals surface area contributed by atoms with Gasteiger partial charge in [-0.15, -0.1) is 22.7 Å². The summed E-state index contributed by atoms with van der Waals surface area (Å²) >= 11 is 2.85. The highest BCUT2D eigenvalue weighted by Gasteiger charge is 2.22. The number of amides is 2. The van der Waals surface area contributed by atoms with E-state index in [0.29, 0.717) is 10.6 Å². The highest BCUT2D eigenvalue weighted by atomic mass is 32.1. The number of nitrogens with one attached hydrogen (secondary N) is 2. The molecule has 0 aliphatic rings. The molecule has 0 bridgehead atoms. The number of hydrogen-bond acceptors (Lipinski definition) is 6. The zero-order chi connectivity index (χ0) is 18.6. The molecule has 0 saturated carbocycles. The molecule has 25 heavy (non-hydrogen) atoms. The van der Waals surface area contributed by atoms with Gasteiger partial charge in [0, 0.05) is 16.7 Å². The molecule has 0 unspecified atom stereocenters. The normalized spacial score (nSPS) is 11.7. The Morgan fingerprint density at radius 2 is 2.00 bits per heavy atom. The lowest BCUT2D eigenvalue weighted by molar-refractivity contribution is -0.124. The number of hydrogen-bond donors (Lipinski definition) is 2. The standard InChI is InChI=1S/C17H20N2O4S2/c1-9-11(3)25-16(19-12(4)20)15(9)17(22)23-8-14(21)18-10(2)13-6-5-7-24-13/h5-7,10H,8H2,1-4H3,(H,18,21)(H,19,20)/t10-/m1/s1. The van der Waals surface area contributed by atoms with Gasteiger partial charge in [0.25, 0.3) is 5.91 Å². The molecular weight excluding hydrogens is 360 g/mol. The van der Waals surface area contributed by atoms with Gasteiger partial charge in [0.05, 0.1) is 11.6 Å². The minimum atomic E-state index is -0.621. The third-order valence-electron chi connectivity index (χ3n) is 3.56. The van der Waals surface area contributed by atoms with Crippen molar-refractivity contribution in [3.8, 4) is 0 Å². The molecular formula is C17H20N2O4S2. The van der Waals surface area contributed by atoms with Crippen LogP contribution in [-0.4, -0.2) is 24.4 Å². The molecule has 0 aromatic carbocycles. The van der Waals surface area contributed by atoms with Gasteiger partial charge in [0.15, 0.2) is 6.61 Å². The SMILES string of the molecule is CC(=O)Nc1sc(C)c(C)c1C(=O)OCC(=O)N[C@H](C)c1cccs1. The molecule has 0 radical (unpaired) electrons. The second-order valence-electron chi connectivity index (χ2n) is 5.55. The molecule has 8 heteroatoms. The predicted octanol–water partition coefficient (Wildman–Crippen LogP) is 3.42. The Labute approximate surface area is 154 Å². The average Bonchev–Trinajstić information content (AvgIpc) is 3.14. The summed E-state index contributed by atoms with van der Waals surface area (Å²) in [6, 6.07) is 3.69. The van der Waals surface area contributed by atoms with Crippen LogP contribution in [0.2, 0.25) is 0 Å². The van der Waals surface area contributed by atoms with E-state index >= 15 is 0 Å². The largest absolute Gasteiger partial charge is 0.452 e. The quantitative estimate of drug-likeness (QED) is 0.752. The van der Waals surface area contributed by atoms with Crippen LogP contribution in [0.4, 0.5) is 5.00 Å². The Morgan fingerprint density at radius 1 is 1.28 bits per heavy atom. The van der Waals surface area contributed by atoms with E-state index < -0.39 is 5.97 Å². The smallest absolute Gasteiger partial charge is 0.341 e. The highest BCUT2D eigenvalue weighted by molar-refractivity contribution is 7.16. The lowest BCUT2D eigenvalue weighted by Crippen LogP contribution is -2.30. The summed E-state index contributed by atoms with van der Waals surface area (Å²) in [4.78, 5) is 37.6. The molecule has 2 aromatic rings. The van der Waals surface area contributed by atoms with Crippen LogP contribution in [0, 0.1) is 13.8 Å². The van der Waals surface area contributed by atoms with E-state index in [0.717, 1.165) is 15.3 Å². The van der Waals surface area contributed by atoms with Gasteiger partial charge in [-0.1, -0.05) is 6.07 Å². The summed E-state index contributed by atoms with van der Waals surface area (Å²) in [5.41, 5.74) is 1.04. The van der Waals surface area contributed by atoms with Crippen molar-refractivity contribution in [2.45, 2.75) is 33.7 Å². The number of ether oxygens (including phenoxy) is 1. The van der Waals surface area contributed by atoms with E-state index in [1.54, 1.807) is 18.3 Å². The first kappa shape index (κ1) is 19.1. The van der Waals surface area contributed by atoms with Crippen LogP contribution in [0.1, 0.15) is 45.6 Å². The maximum atomic E-state index is 12.4. The number of carbonyl (C=O) groups is 3. The lowest BCUT2D eigenvalue weighted by atomic mass is 10.1. The number of carbonyl (C=O) groups excluding carboxylic acids is 3. The Balaban J connectivity index is 1.98. The monoisotopic (exact) mass is 380 g/mol. The minimum Gasteiger partial charge on any atom is -0.452 e. The molecule has 2 amide bonds. The molecule has 0 aliphatic heterocycles. The number of aryl methyl sites for hydroxylation is 1. The van der Waals surface area contributed by atoms with Crippen LogP contribution in [-0.2, 0) is 14.3 Å². The first-order chi connectivity index (χ1) is 11.8. The molecule has 134 valence electrons. The minimum absolute atomic E-state index is 0.147. The van der Waals surface area contributed by atoms with Crippen molar-refractivity contribution in [2.24, 2.45) is 0 Å². The van der Waals surface area contributed by atoms with Crippen molar-refractivity contribution < 1.29 is 19.1 Å². The van der Waals surface area contributed by atoms with Crippen molar-refractivity contribution in [2.75, 3.05) is 11.9 Å². The molecule has 0 spiro atoms. The van der Waals surface area contributed by atoms with Crippen LogP contribution in [0.25, 0.3) is 0 Å². The zero-order valence-corrected chi connectivity index (χ0v) is 16.1.